The van der Waals surface area contributed by atoms with Crippen molar-refractivity contribution in [1.82, 2.24) is 4.90 Å². The summed E-state index contributed by atoms with van der Waals surface area (Å²) in [5.74, 6) is -0.377. The van der Waals surface area contributed by atoms with Gasteiger partial charge in [0.25, 0.3) is 0 Å². The smallest absolute Gasteiger partial charge is 0.416 e. The zero-order valence-electron chi connectivity index (χ0n) is 16.4. The lowest BCUT2D eigenvalue weighted by Gasteiger charge is -2.35. The molecule has 2 aliphatic rings. The van der Waals surface area contributed by atoms with Gasteiger partial charge in [0, 0.05) is 19.0 Å². The second-order valence-corrected chi connectivity index (χ2v) is 9.52. The zero-order chi connectivity index (χ0) is 22.2. The summed E-state index contributed by atoms with van der Waals surface area (Å²) in [5, 5.41) is 11.0. The molecule has 1 saturated heterocycles. The summed E-state index contributed by atoms with van der Waals surface area (Å²) in [7, 11) is -3.26. The van der Waals surface area contributed by atoms with E-state index in [1.807, 2.05) is 4.90 Å². The van der Waals surface area contributed by atoms with Gasteiger partial charge in [0.1, 0.15) is 5.75 Å². The van der Waals surface area contributed by atoms with Crippen LogP contribution in [0.25, 0.3) is 0 Å². The first-order chi connectivity index (χ1) is 14.6. The molecule has 2 heterocycles. The van der Waals surface area contributed by atoms with E-state index in [0.717, 1.165) is 54.3 Å². The van der Waals surface area contributed by atoms with Crippen molar-refractivity contribution in [3.63, 3.8) is 0 Å². The lowest BCUT2D eigenvalue weighted by Crippen LogP contribution is -2.34. The van der Waals surface area contributed by atoms with E-state index in [1.54, 1.807) is 24.3 Å². The first-order valence-corrected chi connectivity index (χ1v) is 11.5. The number of halogens is 3. The number of allylic oxidation sites excluding steroid dienone is 1. The van der Waals surface area contributed by atoms with Crippen LogP contribution in [-0.2, 0) is 16.0 Å². The number of sulfone groups is 1. The summed E-state index contributed by atoms with van der Waals surface area (Å²) in [6.07, 6.45) is -2.80. The number of piperidine rings is 1. The Kier molecular flexibility index (Phi) is 5.49. The quantitative estimate of drug-likeness (QED) is 0.679. The van der Waals surface area contributed by atoms with Crippen LogP contribution in [0.2, 0.25) is 0 Å². The third-order valence-corrected chi connectivity index (χ3v) is 6.65. The molecule has 2 aliphatic heterocycles. The summed E-state index contributed by atoms with van der Waals surface area (Å²) in [6.45, 7) is 1.20. The molecule has 5 nitrogen and oxygen atoms in total. The van der Waals surface area contributed by atoms with Gasteiger partial charge < -0.3 is 14.7 Å². The average molecular weight is 451 g/mol. The van der Waals surface area contributed by atoms with Crippen LogP contribution >= 0.6 is 0 Å². The van der Waals surface area contributed by atoms with E-state index in [2.05, 4.69) is 5.73 Å². The van der Waals surface area contributed by atoms with E-state index in [1.165, 1.54) is 0 Å². The third kappa shape index (κ3) is 4.73. The van der Waals surface area contributed by atoms with Crippen molar-refractivity contribution in [2.75, 3.05) is 18.8 Å². The number of fused-ring (bicyclic) bond motifs is 1. The predicted molar refractivity (Wildman–Crippen MR) is 109 cm³/mol. The standard InChI is InChI=1S/C22H20F3NO4S/c23-22(24,25)16-5-8-20(27)21(14-16)30-17-6-3-15(4-7-17)18-2-1-10-26-11-13-31(28,29)12-9-19(18)26/h3-8,12,14,18,27H,1-2,10-11,13H2. The number of phenolic OH excluding ortho intramolecular Hbond substituents is 1. The second kappa shape index (κ2) is 7.98. The highest BCUT2D eigenvalue weighted by molar-refractivity contribution is 7.94. The summed E-state index contributed by atoms with van der Waals surface area (Å²) in [4.78, 5) is 2.04. The summed E-state index contributed by atoms with van der Waals surface area (Å²) < 4.78 is 68.1. The van der Waals surface area contributed by atoms with Crippen LogP contribution in [0.4, 0.5) is 13.2 Å². The highest BCUT2D eigenvalue weighted by Crippen LogP contribution is 2.39. The molecule has 0 aliphatic carbocycles. The van der Waals surface area contributed by atoms with Crippen LogP contribution in [0.15, 0.2) is 59.3 Å². The molecule has 0 aromatic heterocycles. The summed E-state index contributed by atoms with van der Waals surface area (Å²) >= 11 is 0. The molecule has 4 rings (SSSR count). The van der Waals surface area contributed by atoms with Crippen molar-refractivity contribution < 1.29 is 31.4 Å². The third-order valence-electron chi connectivity index (χ3n) is 5.42. The van der Waals surface area contributed by atoms with E-state index >= 15 is 0 Å². The zero-order valence-corrected chi connectivity index (χ0v) is 17.2. The van der Waals surface area contributed by atoms with Crippen LogP contribution in [-0.4, -0.2) is 37.3 Å². The monoisotopic (exact) mass is 451 g/mol. The van der Waals surface area contributed by atoms with Gasteiger partial charge in [0.15, 0.2) is 21.3 Å². The molecule has 9 heteroatoms. The SMILES string of the molecule is O=S1(=O)C=C=C2C(c3ccc(Oc4cc(C(F)(F)F)ccc4O)cc3)CCCN2CC1. The molecule has 31 heavy (non-hydrogen) atoms. The number of ether oxygens (including phenoxy) is 1. The lowest BCUT2D eigenvalue weighted by atomic mass is 9.87. The Balaban J connectivity index is 1.58. The Morgan fingerprint density at radius 3 is 2.55 bits per heavy atom. The number of nitrogens with zero attached hydrogens (tertiary/aromatic N) is 1. The Morgan fingerprint density at radius 2 is 1.84 bits per heavy atom. The van der Waals surface area contributed by atoms with Crippen LogP contribution < -0.4 is 4.74 Å². The molecule has 1 N–H and O–H groups in total. The van der Waals surface area contributed by atoms with Gasteiger partial charge in [-0.25, -0.2) is 8.42 Å². The molecule has 0 amide bonds. The van der Waals surface area contributed by atoms with Crippen molar-refractivity contribution >= 4 is 9.84 Å². The van der Waals surface area contributed by atoms with Gasteiger partial charge in [-0.1, -0.05) is 17.9 Å². The molecule has 0 spiro atoms. The first kappa shape index (κ1) is 21.3. The number of phenols is 1. The fourth-order valence-corrected chi connectivity index (χ4v) is 4.72. The number of hydrogen-bond acceptors (Lipinski definition) is 5. The second-order valence-electron chi connectivity index (χ2n) is 7.55. The number of hydrogen-bond donors (Lipinski definition) is 1. The van der Waals surface area contributed by atoms with Crippen molar-refractivity contribution in [3.05, 3.63) is 70.4 Å². The Hall–Kier alpha value is -2.90. The Morgan fingerprint density at radius 1 is 1.10 bits per heavy atom. The van der Waals surface area contributed by atoms with Crippen LogP contribution in [0.1, 0.15) is 29.9 Å². The molecule has 0 bridgehead atoms. The molecular formula is C22H20F3NO4S. The number of rotatable bonds is 3. The number of alkyl halides is 3. The van der Waals surface area contributed by atoms with E-state index < -0.39 is 27.3 Å². The van der Waals surface area contributed by atoms with Gasteiger partial charge in [0.2, 0.25) is 0 Å². The minimum Gasteiger partial charge on any atom is -0.504 e. The molecular weight excluding hydrogens is 431 g/mol. The van der Waals surface area contributed by atoms with Crippen molar-refractivity contribution in [2.45, 2.75) is 24.9 Å². The average Bonchev–Trinajstić information content (AvgIpc) is 2.88. The largest absolute Gasteiger partial charge is 0.504 e. The summed E-state index contributed by atoms with van der Waals surface area (Å²) in [6, 6.07) is 9.31. The molecule has 2 aromatic rings. The maximum Gasteiger partial charge on any atom is 0.416 e. The van der Waals surface area contributed by atoms with Crippen LogP contribution in [0, 0.1) is 0 Å². The minimum absolute atomic E-state index is 0.0330. The Labute approximate surface area is 178 Å². The van der Waals surface area contributed by atoms with E-state index in [4.69, 9.17) is 4.74 Å². The van der Waals surface area contributed by atoms with E-state index in [0.29, 0.717) is 6.54 Å². The van der Waals surface area contributed by atoms with Gasteiger partial charge in [-0.2, -0.15) is 13.2 Å². The summed E-state index contributed by atoms with van der Waals surface area (Å²) in [5.41, 5.74) is 3.81. The van der Waals surface area contributed by atoms with Gasteiger partial charge in [-0.3, -0.25) is 0 Å². The van der Waals surface area contributed by atoms with E-state index in [9.17, 15) is 26.7 Å². The van der Waals surface area contributed by atoms with Crippen LogP contribution in [0.3, 0.4) is 0 Å². The van der Waals surface area contributed by atoms with Gasteiger partial charge in [-0.05, 0) is 48.7 Å². The molecule has 1 atom stereocenters. The fraction of sp³-hybridized carbons (Fsp3) is 0.318. The van der Waals surface area contributed by atoms with Crippen molar-refractivity contribution in [2.24, 2.45) is 0 Å². The minimum atomic E-state index is -4.55. The Bertz CT molecular complexity index is 1150. The highest BCUT2D eigenvalue weighted by atomic mass is 32.2. The number of aromatic hydroxyl groups is 1. The molecule has 2 aromatic carbocycles. The lowest BCUT2D eigenvalue weighted by molar-refractivity contribution is -0.137. The number of benzene rings is 2. The van der Waals surface area contributed by atoms with Gasteiger partial charge >= 0.3 is 6.18 Å². The van der Waals surface area contributed by atoms with Crippen molar-refractivity contribution in [3.8, 4) is 17.2 Å². The van der Waals surface area contributed by atoms with Gasteiger partial charge in [-0.15, -0.1) is 0 Å². The molecule has 0 radical (unpaired) electrons. The van der Waals surface area contributed by atoms with Crippen LogP contribution in [0.5, 0.6) is 17.2 Å². The highest BCUT2D eigenvalue weighted by Gasteiger charge is 2.32. The topological polar surface area (TPSA) is 66.8 Å². The van der Waals surface area contributed by atoms with Gasteiger partial charge in [0.05, 0.1) is 22.4 Å². The maximum atomic E-state index is 12.9. The maximum absolute atomic E-state index is 12.9. The fourth-order valence-electron chi connectivity index (χ4n) is 3.83. The first-order valence-electron chi connectivity index (χ1n) is 9.75. The molecule has 1 fully saturated rings. The van der Waals surface area contributed by atoms with Crippen molar-refractivity contribution in [1.29, 1.82) is 0 Å². The normalized spacial score (nSPS) is 20.5. The molecule has 1 unspecified atom stereocenters. The van der Waals surface area contributed by atoms with E-state index in [-0.39, 0.29) is 23.2 Å². The molecule has 0 saturated carbocycles. The molecule has 164 valence electrons. The predicted octanol–water partition coefficient (Wildman–Crippen LogP) is 4.81.